The number of hydrogen-bond acceptors (Lipinski definition) is 3. The maximum absolute atomic E-state index is 5.01. The Kier molecular flexibility index (Phi) is 5.93. The van der Waals surface area contributed by atoms with Crippen LogP contribution in [0.2, 0.25) is 0 Å². The van der Waals surface area contributed by atoms with E-state index in [-0.39, 0.29) is 0 Å². The molecular formula is C6H16N2O. The molecular weight excluding hydrogens is 116 g/mol. The predicted octanol–water partition coefficient (Wildman–Crippen LogP) is 0.784. The zero-order valence-corrected chi connectivity index (χ0v) is 6.48. The minimum absolute atomic E-state index is 0.786. The van der Waals surface area contributed by atoms with Gasteiger partial charge < -0.3 is 0 Å². The smallest absolute Gasteiger partial charge is 0.0698 e. The Labute approximate surface area is 56.9 Å². The van der Waals surface area contributed by atoms with Gasteiger partial charge in [-0.3, -0.25) is 4.84 Å². The minimum Gasteiger partial charge on any atom is -0.287 e. The molecule has 0 bridgehead atoms. The highest BCUT2D eigenvalue weighted by Crippen LogP contribution is 1.84. The Morgan fingerprint density at radius 1 is 1.44 bits per heavy atom. The summed E-state index contributed by atoms with van der Waals surface area (Å²) in [6, 6.07) is 0. The molecule has 0 aliphatic rings. The molecule has 0 fully saturated rings. The molecule has 0 aromatic carbocycles. The number of unbranched alkanes of at least 4 members (excludes halogenated alkanes) is 1. The number of nitrogens with one attached hydrogen (secondary N) is 1. The largest absolute Gasteiger partial charge is 0.287 e. The van der Waals surface area contributed by atoms with E-state index in [0.717, 1.165) is 13.0 Å². The molecule has 0 saturated carbocycles. The van der Waals surface area contributed by atoms with E-state index in [0.29, 0.717) is 0 Å². The Balaban J connectivity index is 2.75. The first kappa shape index (κ1) is 8.88. The van der Waals surface area contributed by atoms with E-state index in [1.54, 1.807) is 5.01 Å². The van der Waals surface area contributed by atoms with Gasteiger partial charge in [-0.15, -0.1) is 5.59 Å². The third-order valence-electron chi connectivity index (χ3n) is 0.847. The fourth-order valence-electron chi connectivity index (χ4n) is 0.391. The molecule has 0 unspecified atom stereocenters. The lowest BCUT2D eigenvalue weighted by atomic mass is 10.4. The van der Waals surface area contributed by atoms with Crippen LogP contribution in [0.3, 0.4) is 0 Å². The average Bonchev–Trinajstić information content (AvgIpc) is 1.80. The lowest BCUT2D eigenvalue weighted by molar-refractivity contribution is -0.0599. The second-order valence-electron chi connectivity index (χ2n) is 2.19. The zero-order chi connectivity index (χ0) is 7.11. The van der Waals surface area contributed by atoms with Crippen LogP contribution in [0.15, 0.2) is 0 Å². The van der Waals surface area contributed by atoms with Crippen molar-refractivity contribution < 1.29 is 4.84 Å². The van der Waals surface area contributed by atoms with Crippen molar-refractivity contribution in [2.45, 2.75) is 19.8 Å². The molecule has 0 saturated heterocycles. The van der Waals surface area contributed by atoms with Gasteiger partial charge in [0.15, 0.2) is 0 Å². The first-order valence-electron chi connectivity index (χ1n) is 3.32. The maximum atomic E-state index is 5.01. The number of hydrogen-bond donors (Lipinski definition) is 1. The summed E-state index contributed by atoms with van der Waals surface area (Å²) in [5.41, 5.74) is 2.71. The van der Waals surface area contributed by atoms with Crippen LogP contribution in [0.4, 0.5) is 0 Å². The van der Waals surface area contributed by atoms with Crippen LogP contribution >= 0.6 is 0 Å². The first-order chi connectivity index (χ1) is 4.27. The van der Waals surface area contributed by atoms with Gasteiger partial charge in [0.05, 0.1) is 6.61 Å². The summed E-state index contributed by atoms with van der Waals surface area (Å²) >= 11 is 0. The summed E-state index contributed by atoms with van der Waals surface area (Å²) in [5, 5.41) is 1.77. The molecule has 0 aliphatic heterocycles. The van der Waals surface area contributed by atoms with E-state index < -0.39 is 0 Å². The molecule has 0 atom stereocenters. The lowest BCUT2D eigenvalue weighted by Crippen LogP contribution is -2.30. The highest BCUT2D eigenvalue weighted by Gasteiger charge is 1.85. The van der Waals surface area contributed by atoms with E-state index >= 15 is 0 Å². The van der Waals surface area contributed by atoms with Crippen LogP contribution in [0.1, 0.15) is 19.8 Å². The van der Waals surface area contributed by atoms with E-state index in [4.69, 9.17) is 4.84 Å². The molecule has 56 valence electrons. The molecule has 0 aromatic rings. The van der Waals surface area contributed by atoms with Crippen molar-refractivity contribution in [3.63, 3.8) is 0 Å². The molecule has 9 heavy (non-hydrogen) atoms. The average molecular weight is 132 g/mol. The molecule has 0 spiro atoms. The zero-order valence-electron chi connectivity index (χ0n) is 6.48. The molecule has 0 aliphatic carbocycles. The van der Waals surface area contributed by atoms with Crippen molar-refractivity contribution in [2.24, 2.45) is 0 Å². The Hall–Kier alpha value is -0.120. The molecule has 0 heterocycles. The quantitative estimate of drug-likeness (QED) is 0.442. The third kappa shape index (κ3) is 7.88. The molecule has 1 N–H and O–H groups in total. The maximum Gasteiger partial charge on any atom is 0.0698 e. The van der Waals surface area contributed by atoms with Gasteiger partial charge in [0.2, 0.25) is 0 Å². The van der Waals surface area contributed by atoms with Gasteiger partial charge in [0, 0.05) is 14.1 Å². The lowest BCUT2D eigenvalue weighted by Gasteiger charge is -2.10. The van der Waals surface area contributed by atoms with Crippen LogP contribution in [0.25, 0.3) is 0 Å². The van der Waals surface area contributed by atoms with Gasteiger partial charge in [-0.1, -0.05) is 13.3 Å². The number of hydrazine groups is 1. The molecule has 0 rings (SSSR count). The summed E-state index contributed by atoms with van der Waals surface area (Å²) in [4.78, 5) is 5.01. The normalized spacial score (nSPS) is 10.7. The number of rotatable bonds is 5. The second kappa shape index (κ2) is 6.01. The van der Waals surface area contributed by atoms with Gasteiger partial charge in [0.1, 0.15) is 0 Å². The highest BCUT2D eigenvalue weighted by atomic mass is 16.7. The van der Waals surface area contributed by atoms with Crippen LogP contribution in [-0.2, 0) is 4.84 Å². The first-order valence-corrected chi connectivity index (χ1v) is 3.32. The standard InChI is InChI=1S/C6H16N2O/c1-4-5-6-9-7-8(2)3/h7H,4-6H2,1-3H3. The molecule has 0 aromatic heterocycles. The van der Waals surface area contributed by atoms with Crippen molar-refractivity contribution in [1.29, 1.82) is 0 Å². The summed E-state index contributed by atoms with van der Waals surface area (Å²) < 4.78 is 0. The third-order valence-corrected chi connectivity index (χ3v) is 0.847. The SMILES string of the molecule is CCCCONN(C)C. The summed E-state index contributed by atoms with van der Waals surface area (Å²) in [6.07, 6.45) is 2.29. The molecule has 3 heteroatoms. The molecule has 0 radical (unpaired) electrons. The van der Waals surface area contributed by atoms with E-state index in [2.05, 4.69) is 12.5 Å². The van der Waals surface area contributed by atoms with E-state index in [1.165, 1.54) is 6.42 Å². The highest BCUT2D eigenvalue weighted by molar-refractivity contribution is 4.27. The van der Waals surface area contributed by atoms with Crippen molar-refractivity contribution >= 4 is 0 Å². The Bertz CT molecular complexity index is 57.0. The predicted molar refractivity (Wildman–Crippen MR) is 37.7 cm³/mol. The van der Waals surface area contributed by atoms with Crippen molar-refractivity contribution in [1.82, 2.24) is 10.6 Å². The topological polar surface area (TPSA) is 24.5 Å². The van der Waals surface area contributed by atoms with Gasteiger partial charge in [0.25, 0.3) is 0 Å². The van der Waals surface area contributed by atoms with Gasteiger partial charge in [-0.05, 0) is 6.42 Å². The van der Waals surface area contributed by atoms with Gasteiger partial charge in [-0.2, -0.15) is 0 Å². The minimum atomic E-state index is 0.786. The molecule has 0 amide bonds. The van der Waals surface area contributed by atoms with Crippen molar-refractivity contribution in [3.05, 3.63) is 0 Å². The van der Waals surface area contributed by atoms with Crippen molar-refractivity contribution in [2.75, 3.05) is 20.7 Å². The van der Waals surface area contributed by atoms with Crippen LogP contribution in [0.5, 0.6) is 0 Å². The fourth-order valence-corrected chi connectivity index (χ4v) is 0.391. The van der Waals surface area contributed by atoms with E-state index in [9.17, 15) is 0 Å². The number of nitrogens with zero attached hydrogens (tertiary/aromatic N) is 1. The van der Waals surface area contributed by atoms with Gasteiger partial charge >= 0.3 is 0 Å². The van der Waals surface area contributed by atoms with Gasteiger partial charge in [-0.25, -0.2) is 5.01 Å². The second-order valence-corrected chi connectivity index (χ2v) is 2.19. The van der Waals surface area contributed by atoms with Crippen LogP contribution in [-0.4, -0.2) is 25.7 Å². The van der Waals surface area contributed by atoms with Crippen LogP contribution < -0.4 is 5.59 Å². The van der Waals surface area contributed by atoms with Crippen molar-refractivity contribution in [3.8, 4) is 0 Å². The Morgan fingerprint density at radius 3 is 2.56 bits per heavy atom. The molecule has 3 nitrogen and oxygen atoms in total. The van der Waals surface area contributed by atoms with Crippen LogP contribution in [0, 0.1) is 0 Å². The summed E-state index contributed by atoms with van der Waals surface area (Å²) in [6.45, 7) is 2.92. The fraction of sp³-hybridized carbons (Fsp3) is 1.00. The summed E-state index contributed by atoms with van der Waals surface area (Å²) in [7, 11) is 3.79. The monoisotopic (exact) mass is 132 g/mol. The van der Waals surface area contributed by atoms with E-state index in [1.807, 2.05) is 14.1 Å². The Morgan fingerprint density at radius 2 is 2.11 bits per heavy atom. The summed E-state index contributed by atoms with van der Waals surface area (Å²) in [5.74, 6) is 0.